The fourth-order valence-corrected chi connectivity index (χ4v) is 1.41. The van der Waals surface area contributed by atoms with Crippen LogP contribution in [0.1, 0.15) is 13.3 Å². The van der Waals surface area contributed by atoms with Gasteiger partial charge in [0.05, 0.1) is 0 Å². The average molecular weight is 180 g/mol. The summed E-state index contributed by atoms with van der Waals surface area (Å²) in [6.45, 7) is 3.33. The quantitative estimate of drug-likeness (QED) is 0.557. The first-order chi connectivity index (χ1) is 5.11. The molecule has 64 valence electrons. The largest absolute Gasteiger partial charge is 0.339 e. The van der Waals surface area contributed by atoms with Crippen molar-refractivity contribution in [1.82, 2.24) is 4.90 Å². The summed E-state index contributed by atoms with van der Waals surface area (Å²) < 4.78 is 12.2. The third-order valence-electron chi connectivity index (χ3n) is 1.92. The Labute approximate surface area is 70.3 Å². The van der Waals surface area contributed by atoms with Gasteiger partial charge in [0.15, 0.2) is 0 Å². The molecule has 0 spiro atoms. The van der Waals surface area contributed by atoms with Crippen LogP contribution in [0.5, 0.6) is 0 Å². The van der Waals surface area contributed by atoms with Gasteiger partial charge in [0, 0.05) is 13.1 Å². The summed E-state index contributed by atoms with van der Waals surface area (Å²) in [6.07, 6.45) is 0.954. The maximum atomic E-state index is 12.2. The number of carbonyl (C=O) groups is 1. The molecule has 2 nitrogen and oxygen atoms in total. The van der Waals surface area contributed by atoms with E-state index in [-0.39, 0.29) is 0 Å². The molecule has 11 heavy (non-hydrogen) atoms. The number of rotatable bonds is 1. The standard InChI is InChI=1S/C7H11ClFNO/c1-5-2-3-10(4-5)7(11)6(8)9/h5-6H,2-4H2,1H3. The molecule has 0 N–H and O–H groups in total. The van der Waals surface area contributed by atoms with E-state index < -0.39 is 11.5 Å². The first-order valence-electron chi connectivity index (χ1n) is 3.68. The number of nitrogens with zero attached hydrogens (tertiary/aromatic N) is 1. The van der Waals surface area contributed by atoms with Gasteiger partial charge in [0.25, 0.3) is 11.5 Å². The Morgan fingerprint density at radius 1 is 1.82 bits per heavy atom. The SMILES string of the molecule is CC1CCN(C(=O)C(F)Cl)C1. The third kappa shape index (κ3) is 2.06. The highest BCUT2D eigenvalue weighted by atomic mass is 35.5. The normalized spacial score (nSPS) is 27.2. The van der Waals surface area contributed by atoms with Gasteiger partial charge in [-0.1, -0.05) is 18.5 Å². The molecule has 0 aromatic carbocycles. The van der Waals surface area contributed by atoms with Gasteiger partial charge < -0.3 is 4.90 Å². The summed E-state index contributed by atoms with van der Waals surface area (Å²) in [7, 11) is 0. The second kappa shape index (κ2) is 3.39. The molecule has 0 aliphatic carbocycles. The molecule has 0 aromatic rings. The number of hydrogen-bond acceptors (Lipinski definition) is 1. The number of carbonyl (C=O) groups excluding carboxylic acids is 1. The highest BCUT2D eigenvalue weighted by Crippen LogP contribution is 2.17. The number of alkyl halides is 2. The molecule has 2 atom stereocenters. The molecule has 1 rings (SSSR count). The van der Waals surface area contributed by atoms with E-state index >= 15 is 0 Å². The minimum absolute atomic E-state index is 0.481. The van der Waals surface area contributed by atoms with Gasteiger partial charge in [-0.2, -0.15) is 0 Å². The lowest BCUT2D eigenvalue weighted by molar-refractivity contribution is -0.132. The maximum Gasteiger partial charge on any atom is 0.272 e. The van der Waals surface area contributed by atoms with Gasteiger partial charge in [0.2, 0.25) is 0 Å². The van der Waals surface area contributed by atoms with Crippen LogP contribution < -0.4 is 0 Å². The van der Waals surface area contributed by atoms with Crippen molar-refractivity contribution < 1.29 is 9.18 Å². The molecule has 0 aromatic heterocycles. The van der Waals surface area contributed by atoms with Crippen molar-refractivity contribution in [3.8, 4) is 0 Å². The Morgan fingerprint density at radius 3 is 2.82 bits per heavy atom. The topological polar surface area (TPSA) is 20.3 Å². The summed E-state index contributed by atoms with van der Waals surface area (Å²) in [6, 6.07) is 0. The zero-order valence-electron chi connectivity index (χ0n) is 6.39. The van der Waals surface area contributed by atoms with Crippen LogP contribution in [-0.4, -0.2) is 29.5 Å². The monoisotopic (exact) mass is 179 g/mol. The van der Waals surface area contributed by atoms with E-state index in [2.05, 4.69) is 0 Å². The fraction of sp³-hybridized carbons (Fsp3) is 0.857. The van der Waals surface area contributed by atoms with E-state index in [4.69, 9.17) is 11.6 Å². The Kier molecular flexibility index (Phi) is 2.71. The van der Waals surface area contributed by atoms with Gasteiger partial charge >= 0.3 is 0 Å². The van der Waals surface area contributed by atoms with Crippen LogP contribution in [0.4, 0.5) is 4.39 Å². The van der Waals surface area contributed by atoms with Crippen molar-refractivity contribution in [3.05, 3.63) is 0 Å². The lowest BCUT2D eigenvalue weighted by Gasteiger charge is -2.14. The molecule has 1 saturated heterocycles. The van der Waals surface area contributed by atoms with E-state index in [1.165, 1.54) is 4.90 Å². The van der Waals surface area contributed by atoms with Crippen LogP contribution in [0, 0.1) is 5.92 Å². The molecule has 1 fully saturated rings. The first kappa shape index (κ1) is 8.78. The van der Waals surface area contributed by atoms with Crippen LogP contribution in [0.15, 0.2) is 0 Å². The number of halogens is 2. The minimum Gasteiger partial charge on any atom is -0.339 e. The number of hydrogen-bond donors (Lipinski definition) is 0. The number of likely N-dealkylation sites (tertiary alicyclic amines) is 1. The van der Waals surface area contributed by atoms with Gasteiger partial charge in [-0.3, -0.25) is 4.79 Å². The van der Waals surface area contributed by atoms with Crippen molar-refractivity contribution in [2.45, 2.75) is 19.0 Å². The van der Waals surface area contributed by atoms with Gasteiger partial charge in [-0.15, -0.1) is 0 Å². The Hall–Kier alpha value is -0.310. The second-order valence-corrected chi connectivity index (χ2v) is 3.36. The van der Waals surface area contributed by atoms with Gasteiger partial charge in [-0.05, 0) is 12.3 Å². The summed E-state index contributed by atoms with van der Waals surface area (Å²) >= 11 is 5.00. The summed E-state index contributed by atoms with van der Waals surface area (Å²) in [5.74, 6) is -0.106. The molecule has 1 amide bonds. The molecule has 1 aliphatic rings. The summed E-state index contributed by atoms with van der Waals surface area (Å²) in [5.41, 5.74) is -1.86. The zero-order chi connectivity index (χ0) is 8.43. The molecule has 0 bridgehead atoms. The molecular weight excluding hydrogens is 169 g/mol. The Bertz CT molecular complexity index is 163. The van der Waals surface area contributed by atoms with Crippen molar-refractivity contribution in [3.63, 3.8) is 0 Å². The minimum atomic E-state index is -1.86. The first-order valence-corrected chi connectivity index (χ1v) is 4.12. The molecule has 2 unspecified atom stereocenters. The molecular formula is C7H11ClFNO. The second-order valence-electron chi connectivity index (χ2n) is 2.98. The summed E-state index contributed by atoms with van der Waals surface area (Å²) in [5, 5.41) is 0. The predicted molar refractivity (Wildman–Crippen MR) is 41.1 cm³/mol. The molecule has 4 heteroatoms. The molecule has 0 radical (unpaired) electrons. The van der Waals surface area contributed by atoms with E-state index in [0.29, 0.717) is 19.0 Å². The van der Waals surface area contributed by atoms with Crippen LogP contribution >= 0.6 is 11.6 Å². The van der Waals surface area contributed by atoms with Gasteiger partial charge in [0.1, 0.15) is 0 Å². The van der Waals surface area contributed by atoms with E-state index in [9.17, 15) is 9.18 Å². The molecule has 1 heterocycles. The smallest absolute Gasteiger partial charge is 0.272 e. The summed E-state index contributed by atoms with van der Waals surface area (Å²) in [4.78, 5) is 12.4. The van der Waals surface area contributed by atoms with Crippen LogP contribution in [-0.2, 0) is 4.79 Å². The van der Waals surface area contributed by atoms with Crippen molar-refractivity contribution in [1.29, 1.82) is 0 Å². The Balaban J connectivity index is 2.43. The van der Waals surface area contributed by atoms with Crippen molar-refractivity contribution in [2.75, 3.05) is 13.1 Å². The van der Waals surface area contributed by atoms with Crippen molar-refractivity contribution in [2.24, 2.45) is 5.92 Å². The third-order valence-corrected chi connectivity index (χ3v) is 2.11. The highest BCUT2D eigenvalue weighted by Gasteiger charge is 2.27. The maximum absolute atomic E-state index is 12.2. The molecule has 1 aliphatic heterocycles. The lowest BCUT2D eigenvalue weighted by Crippen LogP contribution is -2.32. The van der Waals surface area contributed by atoms with Crippen LogP contribution in [0.3, 0.4) is 0 Å². The van der Waals surface area contributed by atoms with E-state index in [1.807, 2.05) is 6.92 Å². The average Bonchev–Trinajstić information content (AvgIpc) is 2.34. The Morgan fingerprint density at radius 2 is 2.45 bits per heavy atom. The van der Waals surface area contributed by atoms with Gasteiger partial charge in [-0.25, -0.2) is 4.39 Å². The highest BCUT2D eigenvalue weighted by molar-refractivity contribution is 6.29. The predicted octanol–water partition coefficient (Wildman–Crippen LogP) is 1.39. The lowest BCUT2D eigenvalue weighted by atomic mass is 10.2. The molecule has 0 saturated carbocycles. The van der Waals surface area contributed by atoms with Crippen LogP contribution in [0.2, 0.25) is 0 Å². The number of amides is 1. The fourth-order valence-electron chi connectivity index (χ4n) is 1.27. The van der Waals surface area contributed by atoms with E-state index in [0.717, 1.165) is 6.42 Å². The van der Waals surface area contributed by atoms with E-state index in [1.54, 1.807) is 0 Å². The zero-order valence-corrected chi connectivity index (χ0v) is 7.14. The van der Waals surface area contributed by atoms with Crippen LogP contribution in [0.25, 0.3) is 0 Å². The van der Waals surface area contributed by atoms with Crippen molar-refractivity contribution >= 4 is 17.5 Å².